The fraction of sp³-hybridized carbons (Fsp3) is 0.179. The molecule has 0 atom stereocenters. The number of ether oxygens (including phenoxy) is 3. The molecule has 3 aromatic rings. The normalized spacial score (nSPS) is 14.5. The predicted molar refractivity (Wildman–Crippen MR) is 140 cm³/mol. The molecule has 4 rings (SSSR count). The summed E-state index contributed by atoms with van der Waals surface area (Å²) >= 11 is 5.91. The number of benzene rings is 3. The lowest BCUT2D eigenvalue weighted by atomic mass is 10.1. The molecule has 1 fully saturated rings. The van der Waals surface area contributed by atoms with Crippen LogP contribution in [0.3, 0.4) is 0 Å². The SMILES string of the molecule is COc1cc(/C=C2/C(=O)NC(=O)N(c3ccc(Cl)cc3)C2=O)ccc1OCCOc1cc(C)ccc1C. The molecule has 9 heteroatoms. The van der Waals surface area contributed by atoms with Gasteiger partial charge in [-0.05, 0) is 79.1 Å². The third kappa shape index (κ3) is 5.92. The fourth-order valence-corrected chi connectivity index (χ4v) is 3.83. The van der Waals surface area contributed by atoms with Crippen LogP contribution in [0.1, 0.15) is 16.7 Å². The van der Waals surface area contributed by atoms with Crippen LogP contribution in [0.15, 0.2) is 66.2 Å². The van der Waals surface area contributed by atoms with Crippen LogP contribution in [-0.2, 0) is 9.59 Å². The Morgan fingerprint density at radius 2 is 1.57 bits per heavy atom. The van der Waals surface area contributed by atoms with Crippen molar-refractivity contribution in [3.8, 4) is 17.2 Å². The Balaban J connectivity index is 1.48. The summed E-state index contributed by atoms with van der Waals surface area (Å²) in [6, 6.07) is 16.3. The number of hydrogen-bond donors (Lipinski definition) is 1. The molecule has 0 saturated carbocycles. The molecule has 190 valence electrons. The van der Waals surface area contributed by atoms with Gasteiger partial charge in [-0.2, -0.15) is 0 Å². The Hall–Kier alpha value is -4.30. The van der Waals surface area contributed by atoms with Gasteiger partial charge in [0.2, 0.25) is 0 Å². The minimum Gasteiger partial charge on any atom is -0.493 e. The van der Waals surface area contributed by atoms with Crippen molar-refractivity contribution in [2.45, 2.75) is 13.8 Å². The highest BCUT2D eigenvalue weighted by Gasteiger charge is 2.36. The van der Waals surface area contributed by atoms with Gasteiger partial charge in [0.25, 0.3) is 11.8 Å². The van der Waals surface area contributed by atoms with E-state index in [1.807, 2.05) is 32.0 Å². The van der Waals surface area contributed by atoms with E-state index in [9.17, 15) is 14.4 Å². The third-order valence-electron chi connectivity index (χ3n) is 5.63. The van der Waals surface area contributed by atoms with Gasteiger partial charge >= 0.3 is 6.03 Å². The number of nitrogens with zero attached hydrogens (tertiary/aromatic N) is 1. The molecule has 4 amide bonds. The lowest BCUT2D eigenvalue weighted by molar-refractivity contribution is -0.122. The third-order valence-corrected chi connectivity index (χ3v) is 5.88. The van der Waals surface area contributed by atoms with Crippen LogP contribution in [-0.4, -0.2) is 38.2 Å². The second-order valence-corrected chi connectivity index (χ2v) is 8.75. The molecule has 1 aliphatic heterocycles. The Morgan fingerprint density at radius 1 is 0.865 bits per heavy atom. The van der Waals surface area contributed by atoms with E-state index in [0.717, 1.165) is 21.8 Å². The first-order valence-electron chi connectivity index (χ1n) is 11.4. The number of anilines is 1. The number of imide groups is 2. The van der Waals surface area contributed by atoms with Crippen LogP contribution in [0.25, 0.3) is 6.08 Å². The highest BCUT2D eigenvalue weighted by Crippen LogP contribution is 2.30. The largest absolute Gasteiger partial charge is 0.493 e. The number of halogens is 1. The summed E-state index contributed by atoms with van der Waals surface area (Å²) in [6.07, 6.45) is 1.39. The number of nitrogens with one attached hydrogen (secondary N) is 1. The zero-order chi connectivity index (χ0) is 26.5. The molecule has 8 nitrogen and oxygen atoms in total. The van der Waals surface area contributed by atoms with E-state index < -0.39 is 17.8 Å². The molecule has 1 aliphatic rings. The second-order valence-electron chi connectivity index (χ2n) is 8.31. The average Bonchev–Trinajstić information content (AvgIpc) is 2.87. The summed E-state index contributed by atoms with van der Waals surface area (Å²) in [5, 5.41) is 2.65. The lowest BCUT2D eigenvalue weighted by Crippen LogP contribution is -2.54. The molecule has 1 saturated heterocycles. The van der Waals surface area contributed by atoms with E-state index in [2.05, 4.69) is 5.32 Å². The monoisotopic (exact) mass is 520 g/mol. The predicted octanol–water partition coefficient (Wildman–Crippen LogP) is 5.09. The standard InChI is InChI=1S/C28H25ClN2O6/c1-17-4-5-18(2)24(14-17)37-13-12-36-23-11-6-19(16-25(23)35-3)15-22-26(32)30-28(34)31(27(22)33)21-9-7-20(29)8-10-21/h4-11,14-16H,12-13H2,1-3H3,(H,30,32,34)/b22-15-. The maximum absolute atomic E-state index is 13.1. The zero-order valence-electron chi connectivity index (χ0n) is 20.5. The molecule has 1 N–H and O–H groups in total. The number of amides is 4. The molecular weight excluding hydrogens is 496 g/mol. The molecule has 0 spiro atoms. The molecule has 0 unspecified atom stereocenters. The maximum Gasteiger partial charge on any atom is 0.335 e. The highest BCUT2D eigenvalue weighted by atomic mass is 35.5. The number of rotatable bonds is 8. The van der Waals surface area contributed by atoms with Gasteiger partial charge in [0.1, 0.15) is 24.5 Å². The Labute approximate surface area is 219 Å². The molecule has 0 bridgehead atoms. The summed E-state index contributed by atoms with van der Waals surface area (Å²) < 4.78 is 17.1. The number of carbonyl (C=O) groups excluding carboxylic acids is 3. The smallest absolute Gasteiger partial charge is 0.335 e. The summed E-state index contributed by atoms with van der Waals surface area (Å²) in [7, 11) is 1.49. The van der Waals surface area contributed by atoms with Crippen molar-refractivity contribution in [2.75, 3.05) is 25.2 Å². The van der Waals surface area contributed by atoms with Gasteiger partial charge in [-0.1, -0.05) is 29.8 Å². The first kappa shape index (κ1) is 25.8. The number of aryl methyl sites for hydroxylation is 2. The van der Waals surface area contributed by atoms with Gasteiger partial charge < -0.3 is 14.2 Å². The van der Waals surface area contributed by atoms with Crippen molar-refractivity contribution in [1.82, 2.24) is 5.32 Å². The maximum atomic E-state index is 13.1. The van der Waals surface area contributed by atoms with Crippen LogP contribution in [0.4, 0.5) is 10.5 Å². The Morgan fingerprint density at radius 3 is 2.27 bits per heavy atom. The molecule has 0 aliphatic carbocycles. The second kappa shape index (κ2) is 11.2. The molecule has 1 heterocycles. The van der Waals surface area contributed by atoms with Crippen LogP contribution in [0.5, 0.6) is 17.2 Å². The summed E-state index contributed by atoms with van der Waals surface area (Å²) in [4.78, 5) is 38.8. The molecule has 37 heavy (non-hydrogen) atoms. The Bertz CT molecular complexity index is 1380. The number of carbonyl (C=O) groups is 3. The Kier molecular flexibility index (Phi) is 7.79. The van der Waals surface area contributed by atoms with Crippen molar-refractivity contribution < 1.29 is 28.6 Å². The topological polar surface area (TPSA) is 94.2 Å². The lowest BCUT2D eigenvalue weighted by Gasteiger charge is -2.26. The van der Waals surface area contributed by atoms with Crippen molar-refractivity contribution in [3.63, 3.8) is 0 Å². The minimum absolute atomic E-state index is 0.202. The van der Waals surface area contributed by atoms with Crippen LogP contribution in [0, 0.1) is 13.8 Å². The highest BCUT2D eigenvalue weighted by molar-refractivity contribution is 6.39. The number of barbiturate groups is 1. The minimum atomic E-state index is -0.834. The summed E-state index contributed by atoms with van der Waals surface area (Å²) in [5.74, 6) is 0.156. The summed E-state index contributed by atoms with van der Waals surface area (Å²) in [5.41, 5.74) is 2.75. The van der Waals surface area contributed by atoms with Gasteiger partial charge in [-0.3, -0.25) is 14.9 Å². The summed E-state index contributed by atoms with van der Waals surface area (Å²) in [6.45, 7) is 4.60. The van der Waals surface area contributed by atoms with E-state index in [-0.39, 0.29) is 17.9 Å². The van der Waals surface area contributed by atoms with E-state index in [1.165, 1.54) is 25.3 Å². The molecule has 3 aromatic carbocycles. The van der Waals surface area contributed by atoms with E-state index in [0.29, 0.717) is 28.7 Å². The number of methoxy groups -OCH3 is 1. The molecule has 0 aromatic heterocycles. The van der Waals surface area contributed by atoms with E-state index >= 15 is 0 Å². The molecular formula is C28H25ClN2O6. The van der Waals surface area contributed by atoms with E-state index in [4.69, 9.17) is 25.8 Å². The average molecular weight is 521 g/mol. The van der Waals surface area contributed by atoms with Gasteiger partial charge in [-0.15, -0.1) is 0 Å². The van der Waals surface area contributed by atoms with Gasteiger partial charge in [-0.25, -0.2) is 9.69 Å². The van der Waals surface area contributed by atoms with Crippen molar-refractivity contribution in [1.29, 1.82) is 0 Å². The van der Waals surface area contributed by atoms with Crippen LogP contribution < -0.4 is 24.4 Å². The van der Waals surface area contributed by atoms with Gasteiger partial charge in [0.05, 0.1) is 12.8 Å². The van der Waals surface area contributed by atoms with Crippen molar-refractivity contribution >= 4 is 41.2 Å². The van der Waals surface area contributed by atoms with Crippen LogP contribution >= 0.6 is 11.6 Å². The fourth-order valence-electron chi connectivity index (χ4n) is 3.71. The quantitative estimate of drug-likeness (QED) is 0.252. The van der Waals surface area contributed by atoms with Gasteiger partial charge in [0.15, 0.2) is 11.5 Å². The van der Waals surface area contributed by atoms with E-state index in [1.54, 1.807) is 30.3 Å². The van der Waals surface area contributed by atoms with Crippen molar-refractivity contribution in [3.05, 3.63) is 87.9 Å². The number of urea groups is 1. The first-order chi connectivity index (χ1) is 17.8. The first-order valence-corrected chi connectivity index (χ1v) is 11.8. The van der Waals surface area contributed by atoms with Crippen LogP contribution in [0.2, 0.25) is 5.02 Å². The molecule has 0 radical (unpaired) electrons. The van der Waals surface area contributed by atoms with Crippen molar-refractivity contribution in [2.24, 2.45) is 0 Å². The van der Waals surface area contributed by atoms with Gasteiger partial charge in [0, 0.05) is 5.02 Å². The number of hydrogen-bond acceptors (Lipinski definition) is 6. The zero-order valence-corrected chi connectivity index (χ0v) is 21.3.